The Labute approximate surface area is 194 Å². The average Bonchev–Trinajstić information content (AvgIpc) is 3.11. The van der Waals surface area contributed by atoms with Gasteiger partial charge >= 0.3 is 0 Å². The summed E-state index contributed by atoms with van der Waals surface area (Å²) in [6.45, 7) is 2.41. The van der Waals surface area contributed by atoms with Crippen LogP contribution in [-0.2, 0) is 11.4 Å². The number of aryl methyl sites for hydroxylation is 1. The molecule has 1 fully saturated rings. The van der Waals surface area contributed by atoms with Crippen LogP contribution in [0.1, 0.15) is 22.1 Å². The quantitative estimate of drug-likeness (QED) is 0.385. The Kier molecular flexibility index (Phi) is 6.49. The number of hydrogen-bond acceptors (Lipinski definition) is 3. The van der Waals surface area contributed by atoms with Gasteiger partial charge in [-0.2, -0.15) is 0 Å². The van der Waals surface area contributed by atoms with Gasteiger partial charge in [0.05, 0.1) is 15.8 Å². The van der Waals surface area contributed by atoms with Gasteiger partial charge < -0.3 is 4.74 Å². The zero-order valence-electron chi connectivity index (χ0n) is 16.1. The number of amides is 1. The number of thioether (sulfide) groups is 1. The van der Waals surface area contributed by atoms with Gasteiger partial charge in [0.25, 0.3) is 0 Å². The summed E-state index contributed by atoms with van der Waals surface area (Å²) in [6, 6.07) is 18.9. The third kappa shape index (κ3) is 4.57. The van der Waals surface area contributed by atoms with Crippen LogP contribution in [0.15, 0.2) is 60.7 Å². The Morgan fingerprint density at radius 1 is 1.00 bits per heavy atom. The monoisotopic (exact) mass is 477 g/mol. The van der Waals surface area contributed by atoms with Crippen LogP contribution < -0.4 is 9.64 Å². The largest absolute Gasteiger partial charge is 0.486 e. The molecule has 3 aromatic rings. The van der Waals surface area contributed by atoms with Crippen LogP contribution in [0, 0.1) is 6.92 Å². The van der Waals surface area contributed by atoms with Gasteiger partial charge in [0, 0.05) is 10.7 Å². The zero-order valence-corrected chi connectivity index (χ0v) is 19.2. The van der Waals surface area contributed by atoms with Crippen LogP contribution >= 0.6 is 46.6 Å². The van der Waals surface area contributed by atoms with Crippen molar-refractivity contribution in [2.45, 2.75) is 18.9 Å². The summed E-state index contributed by atoms with van der Waals surface area (Å²) >= 11 is 20.6. The highest BCUT2D eigenvalue weighted by Gasteiger charge is 2.34. The fourth-order valence-electron chi connectivity index (χ4n) is 3.25. The van der Waals surface area contributed by atoms with Gasteiger partial charge in [0.1, 0.15) is 12.0 Å². The maximum atomic E-state index is 12.5. The molecule has 0 radical (unpaired) electrons. The first kappa shape index (κ1) is 21.4. The molecule has 0 aliphatic carbocycles. The molecule has 3 nitrogen and oxygen atoms in total. The van der Waals surface area contributed by atoms with Gasteiger partial charge in [-0.25, -0.2) is 0 Å². The van der Waals surface area contributed by atoms with Crippen LogP contribution in [0.2, 0.25) is 15.1 Å². The zero-order chi connectivity index (χ0) is 21.3. The summed E-state index contributed by atoms with van der Waals surface area (Å²) in [4.78, 5) is 14.3. The van der Waals surface area contributed by atoms with E-state index in [4.69, 9.17) is 39.5 Å². The minimum absolute atomic E-state index is 0.0271. The Morgan fingerprint density at radius 2 is 1.63 bits per heavy atom. The molecule has 30 heavy (non-hydrogen) atoms. The summed E-state index contributed by atoms with van der Waals surface area (Å²) in [7, 11) is 0. The second-order valence-electron chi connectivity index (χ2n) is 6.99. The number of carbonyl (C=O) groups excluding carboxylic acids is 1. The average molecular weight is 479 g/mol. The SMILES string of the molecule is Cc1ccc(COc2c(Cl)cc([C@H]3SCC(=O)N3c3ccc(Cl)cc3)cc2Cl)cc1. The van der Waals surface area contributed by atoms with Gasteiger partial charge in [0.15, 0.2) is 5.75 Å². The number of rotatable bonds is 5. The van der Waals surface area contributed by atoms with Gasteiger partial charge in [0.2, 0.25) is 5.91 Å². The molecule has 1 aliphatic rings. The first-order chi connectivity index (χ1) is 14.4. The van der Waals surface area contributed by atoms with E-state index in [-0.39, 0.29) is 11.3 Å². The molecule has 0 N–H and O–H groups in total. The summed E-state index contributed by atoms with van der Waals surface area (Å²) in [5.41, 5.74) is 3.85. The second kappa shape index (κ2) is 9.11. The maximum Gasteiger partial charge on any atom is 0.238 e. The smallest absolute Gasteiger partial charge is 0.238 e. The first-order valence-corrected chi connectivity index (χ1v) is 11.5. The van der Waals surface area contributed by atoms with Crippen molar-refractivity contribution in [2.75, 3.05) is 10.7 Å². The van der Waals surface area contributed by atoms with E-state index in [0.29, 0.717) is 33.2 Å². The summed E-state index contributed by atoms with van der Waals surface area (Å²) in [5, 5.41) is 1.23. The fraction of sp³-hybridized carbons (Fsp3) is 0.174. The van der Waals surface area contributed by atoms with Crippen LogP contribution in [0.25, 0.3) is 0 Å². The Hall–Kier alpha value is -1.85. The van der Waals surface area contributed by atoms with Gasteiger partial charge in [-0.15, -0.1) is 11.8 Å². The summed E-state index contributed by atoms with van der Waals surface area (Å²) in [6.07, 6.45) is 0. The Bertz CT molecular complexity index is 1050. The van der Waals surface area contributed by atoms with Crippen molar-refractivity contribution < 1.29 is 9.53 Å². The predicted molar refractivity (Wildman–Crippen MR) is 126 cm³/mol. The van der Waals surface area contributed by atoms with Crippen molar-refractivity contribution in [1.82, 2.24) is 0 Å². The van der Waals surface area contributed by atoms with Gasteiger partial charge in [-0.3, -0.25) is 9.69 Å². The highest BCUT2D eigenvalue weighted by Crippen LogP contribution is 2.45. The third-order valence-corrected chi connectivity index (χ3v) is 6.81. The molecule has 0 bridgehead atoms. The molecule has 1 heterocycles. The Balaban J connectivity index is 1.58. The molecule has 0 saturated carbocycles. The molecule has 1 aliphatic heterocycles. The van der Waals surface area contributed by atoms with E-state index in [1.165, 1.54) is 17.3 Å². The van der Waals surface area contributed by atoms with E-state index in [0.717, 1.165) is 16.8 Å². The Morgan fingerprint density at radius 3 is 2.27 bits per heavy atom. The number of anilines is 1. The molecule has 3 aromatic carbocycles. The molecule has 1 atom stereocenters. The lowest BCUT2D eigenvalue weighted by molar-refractivity contribution is -0.115. The molecule has 1 saturated heterocycles. The van der Waals surface area contributed by atoms with E-state index >= 15 is 0 Å². The lowest BCUT2D eigenvalue weighted by Gasteiger charge is -2.25. The molecule has 154 valence electrons. The van der Waals surface area contributed by atoms with Crippen LogP contribution in [-0.4, -0.2) is 11.7 Å². The molecule has 1 amide bonds. The molecule has 0 spiro atoms. The number of nitrogens with zero attached hydrogens (tertiary/aromatic N) is 1. The van der Waals surface area contributed by atoms with Crippen LogP contribution in [0.4, 0.5) is 5.69 Å². The molecular weight excluding hydrogens is 461 g/mol. The van der Waals surface area contributed by atoms with Gasteiger partial charge in [-0.1, -0.05) is 64.6 Å². The molecule has 0 aromatic heterocycles. The van der Waals surface area contributed by atoms with Gasteiger partial charge in [-0.05, 0) is 54.4 Å². The van der Waals surface area contributed by atoms with Crippen molar-refractivity contribution >= 4 is 58.2 Å². The highest BCUT2D eigenvalue weighted by molar-refractivity contribution is 8.00. The van der Waals surface area contributed by atoms with E-state index in [9.17, 15) is 4.79 Å². The topological polar surface area (TPSA) is 29.5 Å². The second-order valence-corrected chi connectivity index (χ2v) is 9.31. The molecule has 4 rings (SSSR count). The fourth-order valence-corrected chi connectivity index (χ4v) is 5.15. The number of halogens is 3. The van der Waals surface area contributed by atoms with Crippen molar-refractivity contribution in [3.63, 3.8) is 0 Å². The lowest BCUT2D eigenvalue weighted by Crippen LogP contribution is -2.27. The summed E-state index contributed by atoms with van der Waals surface area (Å²) < 4.78 is 5.89. The molecule has 0 unspecified atom stereocenters. The van der Waals surface area contributed by atoms with Crippen molar-refractivity contribution in [2.24, 2.45) is 0 Å². The van der Waals surface area contributed by atoms with Crippen LogP contribution in [0.3, 0.4) is 0 Å². The highest BCUT2D eigenvalue weighted by atomic mass is 35.5. The van der Waals surface area contributed by atoms with E-state index < -0.39 is 0 Å². The number of ether oxygens (including phenoxy) is 1. The van der Waals surface area contributed by atoms with Crippen molar-refractivity contribution in [3.05, 3.63) is 92.4 Å². The normalized spacial score (nSPS) is 16.2. The van der Waals surface area contributed by atoms with Crippen molar-refractivity contribution in [1.29, 1.82) is 0 Å². The summed E-state index contributed by atoms with van der Waals surface area (Å²) in [5.74, 6) is 0.850. The van der Waals surface area contributed by atoms with Crippen molar-refractivity contribution in [3.8, 4) is 5.75 Å². The van der Waals surface area contributed by atoms with E-state index in [2.05, 4.69) is 0 Å². The van der Waals surface area contributed by atoms with E-state index in [1.807, 2.05) is 55.5 Å². The number of benzene rings is 3. The predicted octanol–water partition coefficient (Wildman–Crippen LogP) is 7.31. The van der Waals surface area contributed by atoms with Crippen LogP contribution in [0.5, 0.6) is 5.75 Å². The number of hydrogen-bond donors (Lipinski definition) is 0. The molecular formula is C23H18Cl3NO2S. The molecule has 7 heteroatoms. The standard InChI is InChI=1S/C23H18Cl3NO2S/c1-14-2-4-15(5-3-14)12-29-22-19(25)10-16(11-20(22)26)23-27(21(28)13-30-23)18-8-6-17(24)7-9-18/h2-11,23H,12-13H2,1H3/t23-/m1/s1. The third-order valence-electron chi connectivity index (χ3n) is 4.78. The minimum atomic E-state index is -0.222. The minimum Gasteiger partial charge on any atom is -0.486 e. The maximum absolute atomic E-state index is 12.5. The number of carbonyl (C=O) groups is 1. The van der Waals surface area contributed by atoms with E-state index in [1.54, 1.807) is 17.0 Å². The first-order valence-electron chi connectivity index (χ1n) is 9.29. The lowest BCUT2D eigenvalue weighted by atomic mass is 10.1.